The highest BCUT2D eigenvalue weighted by molar-refractivity contribution is 5.94. The number of hydrogen-bond donors (Lipinski definition) is 1. The van der Waals surface area contributed by atoms with Crippen LogP contribution in [0.4, 0.5) is 0 Å². The van der Waals surface area contributed by atoms with Crippen molar-refractivity contribution >= 4 is 18.3 Å². The minimum Gasteiger partial charge on any atom is -0.494 e. The highest BCUT2D eigenvalue weighted by atomic mass is 35.5. The molecule has 1 aliphatic carbocycles. The van der Waals surface area contributed by atoms with Crippen LogP contribution >= 0.6 is 12.4 Å². The van der Waals surface area contributed by atoms with Crippen molar-refractivity contribution in [2.75, 3.05) is 39.5 Å². The van der Waals surface area contributed by atoms with Crippen molar-refractivity contribution in [1.82, 2.24) is 10.2 Å². The molecule has 0 atom stereocenters. The van der Waals surface area contributed by atoms with E-state index in [1.165, 1.54) is 19.3 Å². The number of carbonyl (C=O) groups is 1. The standard InChI is InChI=1S/C21H32N2O3.ClH/c1-2-14-26-19-8-6-18(7-9-19)20(24)22-17-21(10-4-3-5-11-21)23-12-15-25-16-13-23;/h6-9H,2-5,10-17H2,1H3,(H,22,24);1H. The molecule has 0 spiro atoms. The molecule has 3 rings (SSSR count). The summed E-state index contributed by atoms with van der Waals surface area (Å²) >= 11 is 0. The average molecular weight is 397 g/mol. The van der Waals surface area contributed by atoms with Crippen LogP contribution in [0.25, 0.3) is 0 Å². The maximum atomic E-state index is 12.6. The van der Waals surface area contributed by atoms with E-state index in [0.29, 0.717) is 12.2 Å². The molecule has 1 amide bonds. The van der Waals surface area contributed by atoms with Gasteiger partial charge in [0.15, 0.2) is 0 Å². The van der Waals surface area contributed by atoms with Gasteiger partial charge in [-0.3, -0.25) is 9.69 Å². The molecule has 1 aromatic carbocycles. The Morgan fingerprint density at radius 1 is 1.15 bits per heavy atom. The summed E-state index contributed by atoms with van der Waals surface area (Å²) in [4.78, 5) is 15.2. The molecule has 0 unspecified atom stereocenters. The SMILES string of the molecule is CCCOc1ccc(C(=O)NCC2(N3CCOCC3)CCCCC2)cc1.Cl. The minimum atomic E-state index is 0. The lowest BCUT2D eigenvalue weighted by Crippen LogP contribution is -2.59. The molecule has 1 aliphatic heterocycles. The van der Waals surface area contributed by atoms with Crippen molar-refractivity contribution in [3.8, 4) is 5.75 Å². The zero-order chi connectivity index (χ0) is 18.2. The molecule has 0 aromatic heterocycles. The van der Waals surface area contributed by atoms with Crippen molar-refractivity contribution in [2.45, 2.75) is 51.0 Å². The zero-order valence-corrected chi connectivity index (χ0v) is 17.2. The lowest BCUT2D eigenvalue weighted by atomic mass is 9.79. The number of ether oxygens (including phenoxy) is 2. The number of halogens is 1. The molecule has 0 bridgehead atoms. The van der Waals surface area contributed by atoms with Gasteiger partial charge in [-0.05, 0) is 43.5 Å². The van der Waals surface area contributed by atoms with Crippen LogP contribution < -0.4 is 10.1 Å². The summed E-state index contributed by atoms with van der Waals surface area (Å²) in [5.74, 6) is 0.825. The third kappa shape index (κ3) is 5.84. The number of rotatable bonds is 7. The van der Waals surface area contributed by atoms with Gasteiger partial charge in [0.25, 0.3) is 5.91 Å². The Kier molecular flexibility index (Phi) is 8.87. The van der Waals surface area contributed by atoms with Crippen LogP contribution in [0.15, 0.2) is 24.3 Å². The average Bonchev–Trinajstić information content (AvgIpc) is 2.72. The summed E-state index contributed by atoms with van der Waals surface area (Å²) in [7, 11) is 0. The summed E-state index contributed by atoms with van der Waals surface area (Å²) < 4.78 is 11.1. The van der Waals surface area contributed by atoms with Gasteiger partial charge in [0.2, 0.25) is 0 Å². The predicted octanol–water partition coefficient (Wildman–Crippen LogP) is 3.66. The van der Waals surface area contributed by atoms with E-state index in [1.54, 1.807) is 0 Å². The van der Waals surface area contributed by atoms with Crippen molar-refractivity contribution < 1.29 is 14.3 Å². The highest BCUT2D eigenvalue weighted by Gasteiger charge is 2.38. The van der Waals surface area contributed by atoms with Gasteiger partial charge in [0, 0.05) is 30.7 Å². The molecule has 6 heteroatoms. The van der Waals surface area contributed by atoms with E-state index in [2.05, 4.69) is 17.1 Å². The van der Waals surface area contributed by atoms with Crippen molar-refractivity contribution in [3.63, 3.8) is 0 Å². The fourth-order valence-electron chi connectivity index (χ4n) is 4.12. The topological polar surface area (TPSA) is 50.8 Å². The van der Waals surface area contributed by atoms with Gasteiger partial charge in [0.05, 0.1) is 19.8 Å². The third-order valence-electron chi connectivity index (χ3n) is 5.63. The number of nitrogens with one attached hydrogen (secondary N) is 1. The van der Waals surface area contributed by atoms with Crippen LogP contribution in [0, 0.1) is 0 Å². The molecule has 1 saturated heterocycles. The maximum absolute atomic E-state index is 12.6. The summed E-state index contributed by atoms with van der Waals surface area (Å²) in [5.41, 5.74) is 0.795. The van der Waals surface area contributed by atoms with Crippen molar-refractivity contribution in [1.29, 1.82) is 0 Å². The molecule has 1 saturated carbocycles. The number of hydrogen-bond acceptors (Lipinski definition) is 4. The molecule has 5 nitrogen and oxygen atoms in total. The van der Waals surface area contributed by atoms with Gasteiger partial charge in [-0.25, -0.2) is 0 Å². The lowest BCUT2D eigenvalue weighted by molar-refractivity contribution is -0.0361. The second-order valence-electron chi connectivity index (χ2n) is 7.44. The van der Waals surface area contributed by atoms with Crippen molar-refractivity contribution in [2.24, 2.45) is 0 Å². The summed E-state index contributed by atoms with van der Waals surface area (Å²) in [6.07, 6.45) is 7.10. The second kappa shape index (κ2) is 10.9. The quantitative estimate of drug-likeness (QED) is 0.764. The molecule has 1 N–H and O–H groups in total. The molecule has 1 heterocycles. The van der Waals surface area contributed by atoms with Crippen LogP contribution in [-0.2, 0) is 4.74 Å². The van der Waals surface area contributed by atoms with Crippen LogP contribution in [0.5, 0.6) is 5.75 Å². The van der Waals surface area contributed by atoms with Gasteiger partial charge in [0.1, 0.15) is 5.75 Å². The molecule has 2 aliphatic rings. The molecular formula is C21H33ClN2O3. The third-order valence-corrected chi connectivity index (χ3v) is 5.63. The highest BCUT2D eigenvalue weighted by Crippen LogP contribution is 2.34. The first-order valence-electron chi connectivity index (χ1n) is 10.1. The minimum absolute atomic E-state index is 0. The van der Waals surface area contributed by atoms with Crippen LogP contribution in [0.1, 0.15) is 55.8 Å². The predicted molar refractivity (Wildman–Crippen MR) is 110 cm³/mol. The van der Waals surface area contributed by atoms with Gasteiger partial charge < -0.3 is 14.8 Å². The number of morpholine rings is 1. The molecule has 27 heavy (non-hydrogen) atoms. The number of carbonyl (C=O) groups excluding carboxylic acids is 1. The van der Waals surface area contributed by atoms with E-state index in [4.69, 9.17) is 9.47 Å². The van der Waals surface area contributed by atoms with E-state index in [9.17, 15) is 4.79 Å². The Balaban J connectivity index is 0.00000261. The van der Waals surface area contributed by atoms with E-state index in [1.807, 2.05) is 24.3 Å². The summed E-state index contributed by atoms with van der Waals surface area (Å²) in [6.45, 7) is 7.05. The normalized spacial score (nSPS) is 19.7. The molecule has 1 aromatic rings. The Hall–Kier alpha value is -1.30. The van der Waals surface area contributed by atoms with Gasteiger partial charge in [-0.15, -0.1) is 12.4 Å². The summed E-state index contributed by atoms with van der Waals surface area (Å²) in [6, 6.07) is 7.46. The fourth-order valence-corrected chi connectivity index (χ4v) is 4.12. The number of nitrogens with zero attached hydrogens (tertiary/aromatic N) is 1. The van der Waals surface area contributed by atoms with Gasteiger partial charge in [-0.2, -0.15) is 0 Å². The largest absolute Gasteiger partial charge is 0.494 e. The first-order valence-corrected chi connectivity index (χ1v) is 10.1. The Morgan fingerprint density at radius 3 is 2.44 bits per heavy atom. The molecule has 0 radical (unpaired) electrons. The van der Waals surface area contributed by atoms with Crippen LogP contribution in [0.2, 0.25) is 0 Å². The van der Waals surface area contributed by atoms with Gasteiger partial charge >= 0.3 is 0 Å². The fraction of sp³-hybridized carbons (Fsp3) is 0.667. The van der Waals surface area contributed by atoms with Crippen LogP contribution in [0.3, 0.4) is 0 Å². The van der Waals surface area contributed by atoms with Crippen LogP contribution in [-0.4, -0.2) is 55.8 Å². The van der Waals surface area contributed by atoms with Gasteiger partial charge in [-0.1, -0.05) is 26.2 Å². The van der Waals surface area contributed by atoms with E-state index < -0.39 is 0 Å². The van der Waals surface area contributed by atoms with E-state index >= 15 is 0 Å². The lowest BCUT2D eigenvalue weighted by Gasteiger charge is -2.48. The van der Waals surface area contributed by atoms with Crippen molar-refractivity contribution in [3.05, 3.63) is 29.8 Å². The molecular weight excluding hydrogens is 364 g/mol. The summed E-state index contributed by atoms with van der Waals surface area (Å²) in [5, 5.41) is 3.21. The molecule has 152 valence electrons. The second-order valence-corrected chi connectivity index (χ2v) is 7.44. The zero-order valence-electron chi connectivity index (χ0n) is 16.4. The number of benzene rings is 1. The smallest absolute Gasteiger partial charge is 0.251 e. The first-order chi connectivity index (χ1) is 12.7. The monoisotopic (exact) mass is 396 g/mol. The van der Waals surface area contributed by atoms with E-state index in [0.717, 1.165) is 57.9 Å². The Labute approximate surface area is 169 Å². The molecule has 2 fully saturated rings. The first kappa shape index (κ1) is 22.0. The maximum Gasteiger partial charge on any atom is 0.251 e. The number of amides is 1. The Morgan fingerprint density at radius 2 is 1.81 bits per heavy atom. The van der Waals surface area contributed by atoms with E-state index in [-0.39, 0.29) is 23.9 Å². The Bertz CT molecular complexity index is 567.